The van der Waals surface area contributed by atoms with Crippen molar-refractivity contribution < 1.29 is 9.21 Å². The number of rotatable bonds is 4. The first-order valence-electron chi connectivity index (χ1n) is 7.81. The molecule has 1 amide bonds. The van der Waals surface area contributed by atoms with E-state index in [1.807, 2.05) is 11.0 Å². The van der Waals surface area contributed by atoms with Crippen LogP contribution in [0.25, 0.3) is 0 Å². The Morgan fingerprint density at radius 2 is 2.14 bits per heavy atom. The van der Waals surface area contributed by atoms with Crippen LogP contribution in [0.5, 0.6) is 0 Å². The number of nitrogens with two attached hydrogens (primary N) is 1. The second kappa shape index (κ2) is 6.36. The van der Waals surface area contributed by atoms with Gasteiger partial charge >= 0.3 is 0 Å². The van der Waals surface area contributed by atoms with Gasteiger partial charge in [-0.3, -0.25) is 4.79 Å². The van der Waals surface area contributed by atoms with E-state index in [1.165, 1.54) is 11.8 Å². The maximum atomic E-state index is 12.6. The summed E-state index contributed by atoms with van der Waals surface area (Å²) in [7, 11) is 0. The molecule has 0 spiro atoms. The van der Waals surface area contributed by atoms with Crippen LogP contribution >= 0.6 is 0 Å². The minimum Gasteiger partial charge on any atom is -0.467 e. The standard InChI is InChI=1S/C18H22N2O2/c1-13-15(9-14-5-3-2-4-6-14)7-8-20(13)18(21)16-10-17(11-19)22-12-16/h2-6,10,12-13,15H,7-9,11,19H2,1H3. The largest absolute Gasteiger partial charge is 0.467 e. The van der Waals surface area contributed by atoms with E-state index in [4.69, 9.17) is 10.2 Å². The lowest BCUT2D eigenvalue weighted by atomic mass is 9.93. The summed E-state index contributed by atoms with van der Waals surface area (Å²) in [5, 5.41) is 0. The molecular formula is C18H22N2O2. The molecule has 1 aliphatic rings. The van der Waals surface area contributed by atoms with Crippen molar-refractivity contribution in [2.24, 2.45) is 11.7 Å². The highest BCUT2D eigenvalue weighted by molar-refractivity contribution is 5.94. The Labute approximate surface area is 130 Å². The minimum absolute atomic E-state index is 0.0477. The Morgan fingerprint density at radius 1 is 1.36 bits per heavy atom. The monoisotopic (exact) mass is 298 g/mol. The van der Waals surface area contributed by atoms with E-state index < -0.39 is 0 Å². The third kappa shape index (κ3) is 2.92. The molecule has 0 radical (unpaired) electrons. The molecule has 116 valence electrons. The molecule has 0 bridgehead atoms. The topological polar surface area (TPSA) is 59.5 Å². The molecule has 2 aromatic rings. The van der Waals surface area contributed by atoms with Gasteiger partial charge in [-0.1, -0.05) is 30.3 Å². The Morgan fingerprint density at radius 3 is 2.82 bits per heavy atom. The SMILES string of the molecule is CC1C(Cc2ccccc2)CCN1C(=O)c1coc(CN)c1. The zero-order valence-corrected chi connectivity index (χ0v) is 12.9. The van der Waals surface area contributed by atoms with Gasteiger partial charge in [0.1, 0.15) is 12.0 Å². The van der Waals surface area contributed by atoms with Crippen molar-refractivity contribution in [2.75, 3.05) is 6.54 Å². The van der Waals surface area contributed by atoms with Gasteiger partial charge in [0.15, 0.2) is 0 Å². The summed E-state index contributed by atoms with van der Waals surface area (Å²) in [6.07, 6.45) is 3.58. The van der Waals surface area contributed by atoms with Crippen molar-refractivity contribution in [1.82, 2.24) is 4.90 Å². The van der Waals surface area contributed by atoms with Gasteiger partial charge in [0.05, 0.1) is 12.1 Å². The van der Waals surface area contributed by atoms with Crippen LogP contribution < -0.4 is 5.73 Å². The average molecular weight is 298 g/mol. The van der Waals surface area contributed by atoms with Crippen LogP contribution in [0.15, 0.2) is 47.1 Å². The Balaban J connectivity index is 1.67. The molecule has 1 saturated heterocycles. The lowest BCUT2D eigenvalue weighted by Crippen LogP contribution is -2.36. The normalized spacial score (nSPS) is 21.3. The average Bonchev–Trinajstić information content (AvgIpc) is 3.16. The number of carbonyl (C=O) groups excluding carboxylic acids is 1. The molecule has 3 rings (SSSR count). The minimum atomic E-state index is 0.0477. The van der Waals surface area contributed by atoms with Gasteiger partial charge in [0.2, 0.25) is 0 Å². The van der Waals surface area contributed by atoms with Crippen LogP contribution in [0.2, 0.25) is 0 Å². The van der Waals surface area contributed by atoms with Crippen LogP contribution in [0.3, 0.4) is 0 Å². The molecule has 4 heteroatoms. The molecule has 2 heterocycles. The number of carbonyl (C=O) groups is 1. The van der Waals surface area contributed by atoms with Crippen LogP contribution in [0.1, 0.15) is 35.0 Å². The third-order valence-corrected chi connectivity index (χ3v) is 4.62. The molecule has 1 aromatic carbocycles. The quantitative estimate of drug-likeness (QED) is 0.944. The lowest BCUT2D eigenvalue weighted by Gasteiger charge is -2.24. The molecule has 1 fully saturated rings. The first-order chi connectivity index (χ1) is 10.7. The summed E-state index contributed by atoms with van der Waals surface area (Å²) in [4.78, 5) is 14.6. The third-order valence-electron chi connectivity index (χ3n) is 4.62. The van der Waals surface area contributed by atoms with Crippen molar-refractivity contribution in [3.63, 3.8) is 0 Å². The predicted octanol–water partition coefficient (Wildman–Crippen LogP) is 2.83. The number of hydrogen-bond donors (Lipinski definition) is 1. The van der Waals surface area contributed by atoms with E-state index in [0.717, 1.165) is 19.4 Å². The fourth-order valence-corrected chi connectivity index (χ4v) is 3.25. The maximum absolute atomic E-state index is 12.6. The van der Waals surface area contributed by atoms with Crippen LogP contribution in [0, 0.1) is 5.92 Å². The lowest BCUT2D eigenvalue weighted by molar-refractivity contribution is 0.0731. The summed E-state index contributed by atoms with van der Waals surface area (Å²) in [5.41, 5.74) is 7.47. The van der Waals surface area contributed by atoms with Gasteiger partial charge in [-0.05, 0) is 37.3 Å². The summed E-state index contributed by atoms with van der Waals surface area (Å²) in [6, 6.07) is 12.5. The van der Waals surface area contributed by atoms with Gasteiger partial charge in [-0.15, -0.1) is 0 Å². The first-order valence-corrected chi connectivity index (χ1v) is 7.81. The number of likely N-dealkylation sites (tertiary alicyclic amines) is 1. The van der Waals surface area contributed by atoms with E-state index >= 15 is 0 Å². The Kier molecular flexibility index (Phi) is 4.29. The predicted molar refractivity (Wildman–Crippen MR) is 85.4 cm³/mol. The first kappa shape index (κ1) is 14.9. The molecule has 2 unspecified atom stereocenters. The molecular weight excluding hydrogens is 276 g/mol. The molecule has 1 aliphatic heterocycles. The highest BCUT2D eigenvalue weighted by atomic mass is 16.3. The summed E-state index contributed by atoms with van der Waals surface area (Å²) < 4.78 is 5.28. The summed E-state index contributed by atoms with van der Waals surface area (Å²) >= 11 is 0. The Bertz CT molecular complexity index is 636. The van der Waals surface area contributed by atoms with Crippen LogP contribution in [-0.2, 0) is 13.0 Å². The molecule has 0 aliphatic carbocycles. The van der Waals surface area contributed by atoms with Crippen molar-refractivity contribution in [2.45, 2.75) is 32.4 Å². The highest BCUT2D eigenvalue weighted by Crippen LogP contribution is 2.29. The van der Waals surface area contributed by atoms with Crippen LogP contribution in [-0.4, -0.2) is 23.4 Å². The van der Waals surface area contributed by atoms with Gasteiger partial charge in [0.25, 0.3) is 5.91 Å². The van der Waals surface area contributed by atoms with Crippen molar-refractivity contribution in [3.8, 4) is 0 Å². The van der Waals surface area contributed by atoms with E-state index in [-0.39, 0.29) is 11.9 Å². The maximum Gasteiger partial charge on any atom is 0.257 e. The fourth-order valence-electron chi connectivity index (χ4n) is 3.25. The highest BCUT2D eigenvalue weighted by Gasteiger charge is 2.34. The zero-order chi connectivity index (χ0) is 15.5. The van der Waals surface area contributed by atoms with E-state index in [1.54, 1.807) is 6.07 Å². The summed E-state index contributed by atoms with van der Waals surface area (Å²) in [6.45, 7) is 3.27. The van der Waals surface area contributed by atoms with Gasteiger partial charge < -0.3 is 15.1 Å². The van der Waals surface area contributed by atoms with Gasteiger partial charge in [-0.2, -0.15) is 0 Å². The van der Waals surface area contributed by atoms with E-state index in [0.29, 0.717) is 23.8 Å². The van der Waals surface area contributed by atoms with Crippen molar-refractivity contribution in [1.29, 1.82) is 0 Å². The van der Waals surface area contributed by atoms with Gasteiger partial charge in [0, 0.05) is 12.6 Å². The number of benzene rings is 1. The molecule has 22 heavy (non-hydrogen) atoms. The zero-order valence-electron chi connectivity index (χ0n) is 12.9. The fraction of sp³-hybridized carbons (Fsp3) is 0.389. The van der Waals surface area contributed by atoms with E-state index in [9.17, 15) is 4.79 Å². The summed E-state index contributed by atoms with van der Waals surface area (Å²) in [5.74, 6) is 1.20. The number of amides is 1. The number of hydrogen-bond acceptors (Lipinski definition) is 3. The van der Waals surface area contributed by atoms with Crippen molar-refractivity contribution >= 4 is 5.91 Å². The smallest absolute Gasteiger partial charge is 0.257 e. The Hall–Kier alpha value is -2.07. The molecule has 0 saturated carbocycles. The molecule has 4 nitrogen and oxygen atoms in total. The molecule has 1 aromatic heterocycles. The van der Waals surface area contributed by atoms with Crippen LogP contribution in [0.4, 0.5) is 0 Å². The number of nitrogens with zero attached hydrogens (tertiary/aromatic N) is 1. The van der Waals surface area contributed by atoms with E-state index in [2.05, 4.69) is 31.2 Å². The van der Waals surface area contributed by atoms with Crippen molar-refractivity contribution in [3.05, 3.63) is 59.5 Å². The number of furan rings is 1. The second-order valence-corrected chi connectivity index (χ2v) is 5.98. The molecule has 2 atom stereocenters. The second-order valence-electron chi connectivity index (χ2n) is 5.98. The molecule has 2 N–H and O–H groups in total. The van der Waals surface area contributed by atoms with Gasteiger partial charge in [-0.25, -0.2) is 0 Å².